The zero-order chi connectivity index (χ0) is 13.9. The Morgan fingerprint density at radius 3 is 2.90 bits per heavy atom. The van der Waals surface area contributed by atoms with Gasteiger partial charge >= 0.3 is 0 Å². The van der Waals surface area contributed by atoms with Gasteiger partial charge in [0.1, 0.15) is 0 Å². The fraction of sp³-hybridized carbons (Fsp3) is 0.357. The molecule has 0 saturated carbocycles. The summed E-state index contributed by atoms with van der Waals surface area (Å²) in [5.74, 6) is 0.819. The van der Waals surface area contributed by atoms with Gasteiger partial charge in [-0.05, 0) is 12.8 Å². The van der Waals surface area contributed by atoms with Crippen LogP contribution < -0.4 is 10.6 Å². The molecule has 3 rings (SSSR count). The lowest BCUT2D eigenvalue weighted by Crippen LogP contribution is -2.42. The summed E-state index contributed by atoms with van der Waals surface area (Å²) in [5.41, 5.74) is 0. The molecule has 1 saturated heterocycles. The van der Waals surface area contributed by atoms with Crippen molar-refractivity contribution in [1.29, 1.82) is 0 Å². The molecule has 1 aromatic heterocycles. The van der Waals surface area contributed by atoms with Crippen LogP contribution in [0, 0.1) is 0 Å². The van der Waals surface area contributed by atoms with Crippen molar-refractivity contribution in [2.24, 2.45) is 0 Å². The molecule has 1 unspecified atom stereocenters. The molecule has 1 atom stereocenters. The number of hydrogen-bond donors (Lipinski definition) is 2. The maximum atomic E-state index is 11.4. The van der Waals surface area contributed by atoms with E-state index in [0.29, 0.717) is 23.9 Å². The summed E-state index contributed by atoms with van der Waals surface area (Å²) >= 11 is 6.04. The van der Waals surface area contributed by atoms with Crippen molar-refractivity contribution >= 4 is 34.1 Å². The number of nitrogens with one attached hydrogen (secondary N) is 2. The lowest BCUT2D eigenvalue weighted by Gasteiger charge is -2.23. The Morgan fingerprint density at radius 1 is 1.30 bits per heavy atom. The summed E-state index contributed by atoms with van der Waals surface area (Å²) < 4.78 is 0. The first kappa shape index (κ1) is 13.1. The first-order valence-corrected chi connectivity index (χ1v) is 7.06. The van der Waals surface area contributed by atoms with Gasteiger partial charge in [0.2, 0.25) is 5.91 Å². The molecule has 20 heavy (non-hydrogen) atoms. The van der Waals surface area contributed by atoms with Crippen molar-refractivity contribution in [3.05, 3.63) is 29.4 Å². The average Bonchev–Trinajstić information content (AvgIpc) is 2.47. The van der Waals surface area contributed by atoms with E-state index in [1.165, 1.54) is 0 Å². The van der Waals surface area contributed by atoms with E-state index in [1.807, 2.05) is 24.3 Å². The number of carbonyl (C=O) groups excluding carboxylic acids is 1. The maximum Gasteiger partial charge on any atom is 0.220 e. The van der Waals surface area contributed by atoms with Crippen LogP contribution in [-0.2, 0) is 4.79 Å². The standard InChI is InChI=1S/C14H15ClN4O/c15-13-10-5-1-2-6-11(10)14(19-18-13)16-8-9-4-3-7-12(20)17-9/h1-2,5-6,9H,3-4,7-8H2,(H,16,19)(H,17,20). The number of amides is 1. The number of carbonyl (C=O) groups is 1. The third-order valence-corrected chi connectivity index (χ3v) is 3.76. The fourth-order valence-electron chi connectivity index (χ4n) is 2.46. The van der Waals surface area contributed by atoms with Crippen LogP contribution in [0.3, 0.4) is 0 Å². The molecule has 0 radical (unpaired) electrons. The lowest BCUT2D eigenvalue weighted by molar-refractivity contribution is -0.123. The Hall–Kier alpha value is -1.88. The molecule has 1 amide bonds. The van der Waals surface area contributed by atoms with Crippen molar-refractivity contribution in [1.82, 2.24) is 15.5 Å². The van der Waals surface area contributed by atoms with E-state index in [-0.39, 0.29) is 11.9 Å². The van der Waals surface area contributed by atoms with Gasteiger partial charge in [-0.2, -0.15) is 0 Å². The molecule has 0 spiro atoms. The van der Waals surface area contributed by atoms with E-state index < -0.39 is 0 Å². The van der Waals surface area contributed by atoms with Gasteiger partial charge in [0, 0.05) is 29.8 Å². The predicted molar refractivity (Wildman–Crippen MR) is 78.8 cm³/mol. The second-order valence-electron chi connectivity index (χ2n) is 4.92. The molecule has 1 aliphatic rings. The van der Waals surface area contributed by atoms with Crippen LogP contribution >= 0.6 is 11.6 Å². The summed E-state index contributed by atoms with van der Waals surface area (Å²) in [6.45, 7) is 0.645. The molecule has 104 valence electrons. The fourth-order valence-corrected chi connectivity index (χ4v) is 2.66. The summed E-state index contributed by atoms with van der Waals surface area (Å²) in [4.78, 5) is 11.4. The quantitative estimate of drug-likeness (QED) is 0.911. The number of nitrogens with zero attached hydrogens (tertiary/aromatic N) is 2. The number of benzene rings is 1. The normalized spacial score (nSPS) is 18.9. The number of halogens is 1. The molecular formula is C14H15ClN4O. The molecule has 0 bridgehead atoms. The van der Waals surface area contributed by atoms with Crippen LogP contribution in [0.25, 0.3) is 10.8 Å². The van der Waals surface area contributed by atoms with E-state index in [2.05, 4.69) is 20.8 Å². The van der Waals surface area contributed by atoms with E-state index in [0.717, 1.165) is 23.6 Å². The van der Waals surface area contributed by atoms with Gasteiger partial charge in [-0.1, -0.05) is 35.9 Å². The highest BCUT2D eigenvalue weighted by Gasteiger charge is 2.18. The van der Waals surface area contributed by atoms with Crippen LogP contribution in [-0.4, -0.2) is 28.7 Å². The number of hydrogen-bond acceptors (Lipinski definition) is 4. The SMILES string of the molecule is O=C1CCCC(CNc2nnc(Cl)c3ccccc23)N1. The summed E-state index contributed by atoms with van der Waals surface area (Å²) in [6.07, 6.45) is 2.54. The van der Waals surface area contributed by atoms with Crippen molar-refractivity contribution in [3.63, 3.8) is 0 Å². The minimum Gasteiger partial charge on any atom is -0.366 e. The molecule has 2 N–H and O–H groups in total. The first-order chi connectivity index (χ1) is 9.74. The molecule has 1 fully saturated rings. The van der Waals surface area contributed by atoms with Gasteiger partial charge in [0.25, 0.3) is 0 Å². The Balaban J connectivity index is 1.77. The zero-order valence-electron chi connectivity index (χ0n) is 10.9. The minimum absolute atomic E-state index is 0.120. The molecular weight excluding hydrogens is 276 g/mol. The van der Waals surface area contributed by atoms with E-state index in [9.17, 15) is 4.79 Å². The van der Waals surface area contributed by atoms with Gasteiger partial charge in [-0.15, -0.1) is 10.2 Å². The van der Waals surface area contributed by atoms with Crippen LogP contribution in [0.5, 0.6) is 0 Å². The molecule has 0 aliphatic carbocycles. The topological polar surface area (TPSA) is 66.9 Å². The molecule has 1 aliphatic heterocycles. The Morgan fingerprint density at radius 2 is 2.10 bits per heavy atom. The van der Waals surface area contributed by atoms with E-state index in [1.54, 1.807) is 0 Å². The van der Waals surface area contributed by atoms with E-state index in [4.69, 9.17) is 11.6 Å². The van der Waals surface area contributed by atoms with E-state index >= 15 is 0 Å². The zero-order valence-corrected chi connectivity index (χ0v) is 11.7. The lowest BCUT2D eigenvalue weighted by atomic mass is 10.0. The van der Waals surface area contributed by atoms with Gasteiger partial charge < -0.3 is 10.6 Å². The minimum atomic E-state index is 0.120. The summed E-state index contributed by atoms with van der Waals surface area (Å²) in [7, 11) is 0. The van der Waals surface area contributed by atoms with Crippen molar-refractivity contribution in [2.75, 3.05) is 11.9 Å². The number of piperidine rings is 1. The summed E-state index contributed by atoms with van der Waals surface area (Å²) in [6, 6.07) is 7.87. The Labute approximate surface area is 121 Å². The van der Waals surface area contributed by atoms with Crippen molar-refractivity contribution in [3.8, 4) is 0 Å². The molecule has 6 heteroatoms. The Kier molecular flexibility index (Phi) is 3.69. The second kappa shape index (κ2) is 5.63. The van der Waals surface area contributed by atoms with Gasteiger partial charge in [-0.3, -0.25) is 4.79 Å². The highest BCUT2D eigenvalue weighted by molar-refractivity contribution is 6.34. The predicted octanol–water partition coefficient (Wildman–Crippen LogP) is 2.36. The number of fused-ring (bicyclic) bond motifs is 1. The Bertz CT molecular complexity index is 646. The maximum absolute atomic E-state index is 11.4. The van der Waals surface area contributed by atoms with Gasteiger partial charge in [0.15, 0.2) is 11.0 Å². The average molecular weight is 291 g/mol. The number of aromatic nitrogens is 2. The molecule has 2 heterocycles. The largest absolute Gasteiger partial charge is 0.366 e. The summed E-state index contributed by atoms with van der Waals surface area (Å²) in [5, 5.41) is 16.5. The molecule has 1 aromatic carbocycles. The van der Waals surface area contributed by atoms with Crippen molar-refractivity contribution < 1.29 is 4.79 Å². The van der Waals surface area contributed by atoms with Crippen LogP contribution in [0.2, 0.25) is 5.15 Å². The van der Waals surface area contributed by atoms with Crippen LogP contribution in [0.15, 0.2) is 24.3 Å². The first-order valence-electron chi connectivity index (χ1n) is 6.68. The van der Waals surface area contributed by atoms with Crippen LogP contribution in [0.4, 0.5) is 5.82 Å². The highest BCUT2D eigenvalue weighted by Crippen LogP contribution is 2.25. The van der Waals surface area contributed by atoms with Gasteiger partial charge in [-0.25, -0.2) is 0 Å². The van der Waals surface area contributed by atoms with Crippen LogP contribution in [0.1, 0.15) is 19.3 Å². The third-order valence-electron chi connectivity index (χ3n) is 3.48. The van der Waals surface area contributed by atoms with Crippen molar-refractivity contribution in [2.45, 2.75) is 25.3 Å². The molecule has 5 nitrogen and oxygen atoms in total. The smallest absolute Gasteiger partial charge is 0.220 e. The third kappa shape index (κ3) is 2.67. The number of anilines is 1. The molecule has 2 aromatic rings. The highest BCUT2D eigenvalue weighted by atomic mass is 35.5. The number of rotatable bonds is 3. The second-order valence-corrected chi connectivity index (χ2v) is 5.28. The monoisotopic (exact) mass is 290 g/mol. The van der Waals surface area contributed by atoms with Gasteiger partial charge in [0.05, 0.1) is 0 Å².